The van der Waals surface area contributed by atoms with Crippen molar-refractivity contribution in [3.8, 4) is 0 Å². The Morgan fingerprint density at radius 1 is 1.00 bits per heavy atom. The molecular weight excluding hydrogens is 320 g/mol. The van der Waals surface area contributed by atoms with Gasteiger partial charge in [-0.3, -0.25) is 5.43 Å². The lowest BCUT2D eigenvalue weighted by Gasteiger charge is -2.07. The van der Waals surface area contributed by atoms with E-state index in [2.05, 4.69) is 17.5 Å². The Hall–Kier alpha value is -2.14. The zero-order chi connectivity index (χ0) is 17.6. The molecule has 0 amide bonds. The molecule has 0 aliphatic heterocycles. The molecule has 0 bridgehead atoms. The Morgan fingerprint density at radius 2 is 1.54 bits per heavy atom. The zero-order valence-corrected chi connectivity index (χ0v) is 15.2. The first-order valence-corrected chi connectivity index (χ1v) is 9.63. The summed E-state index contributed by atoms with van der Waals surface area (Å²) < 4.78 is 25.2. The fourth-order valence-corrected chi connectivity index (χ4v) is 3.47. The summed E-state index contributed by atoms with van der Waals surface area (Å²) in [5.74, 6) is 0. The third-order valence-corrected chi connectivity index (χ3v) is 5.55. The van der Waals surface area contributed by atoms with Crippen molar-refractivity contribution in [3.63, 3.8) is 0 Å². The van der Waals surface area contributed by atoms with Crippen molar-refractivity contribution in [3.05, 3.63) is 54.1 Å². The largest absolute Gasteiger partial charge is 0.279 e. The van der Waals surface area contributed by atoms with E-state index in [0.717, 1.165) is 36.2 Å². The third kappa shape index (κ3) is 4.68. The second-order valence-corrected chi connectivity index (χ2v) is 7.85. The summed E-state index contributed by atoms with van der Waals surface area (Å²) in [6.07, 6.45) is 3.21. The summed E-state index contributed by atoms with van der Waals surface area (Å²) in [7, 11) is -3.48. The molecule has 5 heteroatoms. The number of anilines is 1. The summed E-state index contributed by atoms with van der Waals surface area (Å²) in [6.45, 7) is 6.06. The molecule has 24 heavy (non-hydrogen) atoms. The Morgan fingerprint density at radius 3 is 2.08 bits per heavy atom. The summed E-state index contributed by atoms with van der Waals surface area (Å²) in [5.41, 5.74) is 5.81. The summed E-state index contributed by atoms with van der Waals surface area (Å²) >= 11 is 0. The number of nitrogens with zero attached hydrogens (tertiary/aromatic N) is 1. The first kappa shape index (κ1) is 18.2. The van der Waals surface area contributed by atoms with Gasteiger partial charge in [0.25, 0.3) is 0 Å². The fraction of sp³-hybridized carbons (Fsp3) is 0.316. The number of benzene rings is 2. The molecule has 0 aliphatic carbocycles. The normalized spacial score (nSPS) is 12.2. The van der Waals surface area contributed by atoms with Gasteiger partial charge in [0.15, 0.2) is 0 Å². The van der Waals surface area contributed by atoms with Crippen LogP contribution in [0.5, 0.6) is 0 Å². The SMILES string of the molecule is CCCC/C(C)=N\Nc1ccc(S(=O)(=O)c2ccc(C)cc2)cc1. The van der Waals surface area contributed by atoms with Gasteiger partial charge >= 0.3 is 0 Å². The van der Waals surface area contributed by atoms with Crippen LogP contribution in [0, 0.1) is 6.92 Å². The monoisotopic (exact) mass is 344 g/mol. The molecule has 0 radical (unpaired) electrons. The number of sulfone groups is 1. The molecule has 2 aromatic carbocycles. The predicted molar refractivity (Wildman–Crippen MR) is 99.3 cm³/mol. The van der Waals surface area contributed by atoms with E-state index in [1.54, 1.807) is 48.5 Å². The summed E-state index contributed by atoms with van der Waals surface area (Å²) in [5, 5.41) is 4.31. The lowest BCUT2D eigenvalue weighted by Crippen LogP contribution is -2.02. The van der Waals surface area contributed by atoms with Gasteiger partial charge in [-0.15, -0.1) is 0 Å². The van der Waals surface area contributed by atoms with Crippen molar-refractivity contribution in [1.29, 1.82) is 0 Å². The molecule has 0 fully saturated rings. The van der Waals surface area contributed by atoms with Gasteiger partial charge in [0.2, 0.25) is 9.84 Å². The van der Waals surface area contributed by atoms with Crippen molar-refractivity contribution >= 4 is 21.2 Å². The van der Waals surface area contributed by atoms with Crippen LogP contribution in [0.3, 0.4) is 0 Å². The van der Waals surface area contributed by atoms with Crippen molar-refractivity contribution < 1.29 is 8.42 Å². The summed E-state index contributed by atoms with van der Waals surface area (Å²) in [6, 6.07) is 13.6. The maximum atomic E-state index is 12.6. The molecule has 128 valence electrons. The van der Waals surface area contributed by atoms with Gasteiger partial charge in [-0.05, 0) is 63.1 Å². The van der Waals surface area contributed by atoms with E-state index < -0.39 is 9.84 Å². The zero-order valence-electron chi connectivity index (χ0n) is 14.4. The number of unbranched alkanes of at least 4 members (excludes halogenated alkanes) is 1. The van der Waals surface area contributed by atoms with Gasteiger partial charge in [-0.25, -0.2) is 8.42 Å². The van der Waals surface area contributed by atoms with Crippen molar-refractivity contribution in [2.45, 2.75) is 49.8 Å². The molecule has 0 aromatic heterocycles. The van der Waals surface area contributed by atoms with Gasteiger partial charge < -0.3 is 0 Å². The highest BCUT2D eigenvalue weighted by atomic mass is 32.2. The maximum Gasteiger partial charge on any atom is 0.206 e. The molecule has 0 atom stereocenters. The van der Waals surface area contributed by atoms with Crippen molar-refractivity contribution in [2.75, 3.05) is 5.43 Å². The van der Waals surface area contributed by atoms with Crippen LogP contribution in [0.25, 0.3) is 0 Å². The molecular formula is C19H24N2O2S. The van der Waals surface area contributed by atoms with Crippen LogP contribution < -0.4 is 5.43 Å². The topological polar surface area (TPSA) is 58.5 Å². The Balaban J connectivity index is 2.12. The average molecular weight is 344 g/mol. The van der Waals surface area contributed by atoms with E-state index >= 15 is 0 Å². The molecule has 2 aromatic rings. The van der Waals surface area contributed by atoms with E-state index in [1.807, 2.05) is 13.8 Å². The lowest BCUT2D eigenvalue weighted by atomic mass is 10.2. The van der Waals surface area contributed by atoms with Gasteiger partial charge in [0.05, 0.1) is 15.5 Å². The smallest absolute Gasteiger partial charge is 0.206 e. The van der Waals surface area contributed by atoms with Crippen LogP contribution in [0.2, 0.25) is 0 Å². The summed E-state index contributed by atoms with van der Waals surface area (Å²) in [4.78, 5) is 0.589. The molecule has 0 saturated heterocycles. The highest BCUT2D eigenvalue weighted by Gasteiger charge is 2.16. The molecule has 0 heterocycles. The molecule has 2 rings (SSSR count). The van der Waals surface area contributed by atoms with Crippen LogP contribution >= 0.6 is 0 Å². The van der Waals surface area contributed by atoms with Crippen LogP contribution in [0.1, 0.15) is 38.7 Å². The van der Waals surface area contributed by atoms with E-state index in [4.69, 9.17) is 0 Å². The van der Waals surface area contributed by atoms with Crippen LogP contribution in [0.4, 0.5) is 5.69 Å². The van der Waals surface area contributed by atoms with Gasteiger partial charge in [-0.2, -0.15) is 5.10 Å². The second kappa shape index (κ2) is 8.11. The molecule has 0 aliphatic rings. The minimum absolute atomic E-state index is 0.281. The molecule has 0 unspecified atom stereocenters. The lowest BCUT2D eigenvalue weighted by molar-refractivity contribution is 0.596. The highest BCUT2D eigenvalue weighted by molar-refractivity contribution is 7.91. The fourth-order valence-electron chi connectivity index (χ4n) is 2.21. The Bertz CT molecular complexity index is 792. The van der Waals surface area contributed by atoms with Crippen LogP contribution in [-0.2, 0) is 9.84 Å². The van der Waals surface area contributed by atoms with Crippen LogP contribution in [0.15, 0.2) is 63.4 Å². The first-order chi connectivity index (χ1) is 11.4. The predicted octanol–water partition coefficient (Wildman–Crippen LogP) is 4.81. The quantitative estimate of drug-likeness (QED) is 0.579. The molecule has 0 spiro atoms. The number of hydrogen-bond donors (Lipinski definition) is 1. The molecule has 1 N–H and O–H groups in total. The second-order valence-electron chi connectivity index (χ2n) is 5.90. The van der Waals surface area contributed by atoms with E-state index in [-0.39, 0.29) is 4.90 Å². The Kier molecular flexibility index (Phi) is 6.15. The van der Waals surface area contributed by atoms with E-state index in [0.29, 0.717) is 4.90 Å². The minimum atomic E-state index is -3.48. The van der Waals surface area contributed by atoms with Gasteiger partial charge in [0.1, 0.15) is 0 Å². The van der Waals surface area contributed by atoms with E-state index in [9.17, 15) is 8.42 Å². The number of rotatable bonds is 7. The highest BCUT2D eigenvalue weighted by Crippen LogP contribution is 2.22. The van der Waals surface area contributed by atoms with Crippen molar-refractivity contribution in [1.82, 2.24) is 0 Å². The minimum Gasteiger partial charge on any atom is -0.279 e. The number of nitrogens with one attached hydrogen (secondary N) is 1. The van der Waals surface area contributed by atoms with Gasteiger partial charge in [-0.1, -0.05) is 31.0 Å². The number of aryl methyl sites for hydroxylation is 1. The van der Waals surface area contributed by atoms with Crippen molar-refractivity contribution in [2.24, 2.45) is 5.10 Å². The standard InChI is InChI=1S/C19H24N2O2S/c1-4-5-6-16(3)20-21-17-9-13-19(14-10-17)24(22,23)18-11-7-15(2)8-12-18/h7-14,21H,4-6H2,1-3H3/b20-16-. The van der Waals surface area contributed by atoms with Gasteiger partial charge in [0, 0.05) is 5.71 Å². The number of hydrogen-bond acceptors (Lipinski definition) is 4. The first-order valence-electron chi connectivity index (χ1n) is 8.14. The Labute approximate surface area is 144 Å². The average Bonchev–Trinajstić information content (AvgIpc) is 2.59. The number of hydrazone groups is 1. The third-order valence-electron chi connectivity index (χ3n) is 3.76. The van der Waals surface area contributed by atoms with E-state index in [1.165, 1.54) is 0 Å². The van der Waals surface area contributed by atoms with Crippen LogP contribution in [-0.4, -0.2) is 14.1 Å². The maximum absolute atomic E-state index is 12.6. The molecule has 4 nitrogen and oxygen atoms in total. The molecule has 0 saturated carbocycles.